The minimum absolute atomic E-state index is 0.365. The number of hydrogen-bond donors (Lipinski definition) is 1. The Labute approximate surface area is 159 Å². The molecule has 1 saturated heterocycles. The molecule has 2 unspecified atom stereocenters. The number of methoxy groups -OCH3 is 3. The Bertz CT molecular complexity index is 785. The van der Waals surface area contributed by atoms with E-state index in [0.717, 1.165) is 17.5 Å². The van der Waals surface area contributed by atoms with Gasteiger partial charge in [0, 0.05) is 12.1 Å². The van der Waals surface area contributed by atoms with E-state index in [2.05, 4.69) is 0 Å². The third kappa shape index (κ3) is 3.57. The highest BCUT2D eigenvalue weighted by Gasteiger charge is 2.40. The number of nitrogens with zero attached hydrogens (tertiary/aromatic N) is 1. The van der Waals surface area contributed by atoms with Crippen molar-refractivity contribution >= 4 is 5.97 Å². The number of carbonyl (C=O) groups is 1. The van der Waals surface area contributed by atoms with E-state index in [1.807, 2.05) is 47.4 Å². The van der Waals surface area contributed by atoms with Gasteiger partial charge in [-0.3, -0.25) is 9.69 Å². The Morgan fingerprint density at radius 3 is 2.19 bits per heavy atom. The number of rotatable bonds is 7. The van der Waals surface area contributed by atoms with Gasteiger partial charge in [0.05, 0.1) is 32.9 Å². The van der Waals surface area contributed by atoms with Crippen LogP contribution < -0.4 is 14.2 Å². The number of carboxylic acid groups (broad SMARTS) is 1. The van der Waals surface area contributed by atoms with E-state index in [4.69, 9.17) is 14.2 Å². The second kappa shape index (κ2) is 8.31. The molecule has 144 valence electrons. The Balaban J connectivity index is 2.25. The maximum Gasteiger partial charge on any atom is 0.320 e. The maximum atomic E-state index is 11.9. The molecule has 6 heteroatoms. The highest BCUT2D eigenvalue weighted by atomic mass is 16.5. The van der Waals surface area contributed by atoms with Gasteiger partial charge in [-0.1, -0.05) is 24.3 Å². The van der Waals surface area contributed by atoms with Gasteiger partial charge in [-0.05, 0) is 31.0 Å². The molecular formula is C21H25NO5. The average molecular weight is 371 g/mol. The van der Waals surface area contributed by atoms with E-state index in [-0.39, 0.29) is 6.04 Å². The molecule has 0 spiro atoms. The molecule has 0 aliphatic carbocycles. The summed E-state index contributed by atoms with van der Waals surface area (Å²) in [5.41, 5.74) is 1.69. The molecule has 3 rings (SSSR count). The zero-order valence-corrected chi connectivity index (χ0v) is 15.8. The Hall–Kier alpha value is -2.73. The number of para-hydroxylation sites is 1. The smallest absolute Gasteiger partial charge is 0.320 e. The van der Waals surface area contributed by atoms with Gasteiger partial charge in [0.25, 0.3) is 0 Å². The fraction of sp³-hybridized carbons (Fsp3) is 0.381. The molecule has 1 aliphatic rings. The van der Waals surface area contributed by atoms with Crippen LogP contribution in [0.4, 0.5) is 0 Å². The van der Waals surface area contributed by atoms with Gasteiger partial charge >= 0.3 is 5.97 Å². The summed E-state index contributed by atoms with van der Waals surface area (Å²) in [6.45, 7) is 0.668. The third-order valence-electron chi connectivity index (χ3n) is 5.08. The minimum Gasteiger partial charge on any atom is -0.496 e. The molecule has 1 aliphatic heterocycles. The molecule has 1 heterocycles. The molecule has 2 aromatic carbocycles. The summed E-state index contributed by atoms with van der Waals surface area (Å²) < 4.78 is 16.8. The summed E-state index contributed by atoms with van der Waals surface area (Å²) in [4.78, 5) is 13.9. The molecular weight excluding hydrogens is 346 g/mol. The fourth-order valence-electron chi connectivity index (χ4n) is 3.90. The van der Waals surface area contributed by atoms with E-state index < -0.39 is 12.0 Å². The lowest BCUT2D eigenvalue weighted by molar-refractivity contribution is -0.142. The van der Waals surface area contributed by atoms with Crippen LogP contribution in [0.25, 0.3) is 0 Å². The normalized spacial score (nSPS) is 18.1. The van der Waals surface area contributed by atoms with Crippen molar-refractivity contribution < 1.29 is 24.1 Å². The average Bonchev–Trinajstić information content (AvgIpc) is 3.18. The van der Waals surface area contributed by atoms with Crippen molar-refractivity contribution in [3.8, 4) is 17.2 Å². The quantitative estimate of drug-likeness (QED) is 0.805. The van der Waals surface area contributed by atoms with Gasteiger partial charge in [0.2, 0.25) is 0 Å². The molecule has 0 saturated carbocycles. The van der Waals surface area contributed by atoms with Crippen LogP contribution in [0.5, 0.6) is 17.2 Å². The SMILES string of the molecule is COc1ccccc1C(c1c(OC)cccc1OC)N1CCCC1C(=O)O. The van der Waals surface area contributed by atoms with Crippen molar-refractivity contribution in [3.63, 3.8) is 0 Å². The fourth-order valence-corrected chi connectivity index (χ4v) is 3.90. The van der Waals surface area contributed by atoms with Crippen molar-refractivity contribution in [2.75, 3.05) is 27.9 Å². The zero-order chi connectivity index (χ0) is 19.4. The van der Waals surface area contributed by atoms with Crippen LogP contribution in [0.3, 0.4) is 0 Å². The topological polar surface area (TPSA) is 68.2 Å². The molecule has 6 nitrogen and oxygen atoms in total. The number of aliphatic carboxylic acids is 1. The summed E-state index contributed by atoms with van der Waals surface area (Å²) in [5.74, 6) is 1.19. The van der Waals surface area contributed by atoms with Crippen LogP contribution in [0.2, 0.25) is 0 Å². The summed E-state index contributed by atoms with van der Waals surface area (Å²) in [6, 6.07) is 12.3. The summed E-state index contributed by atoms with van der Waals surface area (Å²) in [7, 11) is 4.83. The van der Waals surface area contributed by atoms with Crippen LogP contribution >= 0.6 is 0 Å². The Morgan fingerprint density at radius 2 is 1.59 bits per heavy atom. The first kappa shape index (κ1) is 19.0. The third-order valence-corrected chi connectivity index (χ3v) is 5.08. The summed E-state index contributed by atoms with van der Waals surface area (Å²) in [6.07, 6.45) is 1.43. The minimum atomic E-state index is -0.818. The molecule has 0 amide bonds. The number of carboxylic acids is 1. The molecule has 2 aromatic rings. The summed E-state index contributed by atoms with van der Waals surface area (Å²) in [5, 5.41) is 9.77. The molecule has 1 N–H and O–H groups in total. The molecule has 2 atom stereocenters. The lowest BCUT2D eigenvalue weighted by Crippen LogP contribution is -2.39. The first-order chi connectivity index (χ1) is 13.1. The van der Waals surface area contributed by atoms with E-state index in [1.165, 1.54) is 0 Å². The highest BCUT2D eigenvalue weighted by Crippen LogP contribution is 2.45. The highest BCUT2D eigenvalue weighted by molar-refractivity contribution is 5.74. The Kier molecular flexibility index (Phi) is 5.86. The van der Waals surface area contributed by atoms with Crippen molar-refractivity contribution in [3.05, 3.63) is 53.6 Å². The van der Waals surface area contributed by atoms with Crippen molar-refractivity contribution in [1.82, 2.24) is 4.90 Å². The molecule has 0 radical (unpaired) electrons. The first-order valence-corrected chi connectivity index (χ1v) is 8.94. The molecule has 27 heavy (non-hydrogen) atoms. The van der Waals surface area contributed by atoms with Crippen molar-refractivity contribution in [2.45, 2.75) is 24.9 Å². The lowest BCUT2D eigenvalue weighted by Gasteiger charge is -2.34. The lowest BCUT2D eigenvalue weighted by atomic mass is 9.93. The second-order valence-electron chi connectivity index (χ2n) is 6.45. The van der Waals surface area contributed by atoms with E-state index in [1.54, 1.807) is 21.3 Å². The standard InChI is InChI=1S/C21H25NO5/c1-25-16-10-5-4-8-14(16)20(22-13-7-9-15(22)21(23)24)19-17(26-2)11-6-12-18(19)27-3/h4-6,8,10-12,15,20H,7,9,13H2,1-3H3,(H,23,24). The predicted molar refractivity (Wildman–Crippen MR) is 102 cm³/mol. The zero-order valence-electron chi connectivity index (χ0n) is 15.8. The van der Waals surface area contributed by atoms with Crippen LogP contribution in [0.1, 0.15) is 30.0 Å². The van der Waals surface area contributed by atoms with Crippen LogP contribution in [0.15, 0.2) is 42.5 Å². The van der Waals surface area contributed by atoms with Gasteiger partial charge < -0.3 is 19.3 Å². The molecule has 1 fully saturated rings. The number of ether oxygens (including phenoxy) is 3. The predicted octanol–water partition coefficient (Wildman–Crippen LogP) is 3.35. The van der Waals surface area contributed by atoms with Gasteiger partial charge in [-0.2, -0.15) is 0 Å². The van der Waals surface area contributed by atoms with Crippen LogP contribution in [0, 0.1) is 0 Å². The number of benzene rings is 2. The van der Waals surface area contributed by atoms with E-state index in [9.17, 15) is 9.90 Å². The van der Waals surface area contributed by atoms with Crippen molar-refractivity contribution in [2.24, 2.45) is 0 Å². The van der Waals surface area contributed by atoms with E-state index in [0.29, 0.717) is 30.2 Å². The first-order valence-electron chi connectivity index (χ1n) is 8.94. The number of likely N-dealkylation sites (tertiary alicyclic amines) is 1. The van der Waals surface area contributed by atoms with Gasteiger partial charge in [0.15, 0.2) is 0 Å². The molecule has 0 bridgehead atoms. The van der Waals surface area contributed by atoms with Gasteiger partial charge in [-0.15, -0.1) is 0 Å². The maximum absolute atomic E-state index is 11.9. The number of hydrogen-bond acceptors (Lipinski definition) is 5. The Morgan fingerprint density at radius 1 is 1.00 bits per heavy atom. The largest absolute Gasteiger partial charge is 0.496 e. The summed E-state index contributed by atoms with van der Waals surface area (Å²) >= 11 is 0. The van der Waals surface area contributed by atoms with Crippen LogP contribution in [-0.2, 0) is 4.79 Å². The van der Waals surface area contributed by atoms with Gasteiger partial charge in [-0.25, -0.2) is 0 Å². The second-order valence-corrected chi connectivity index (χ2v) is 6.45. The van der Waals surface area contributed by atoms with Gasteiger partial charge in [0.1, 0.15) is 23.3 Å². The van der Waals surface area contributed by atoms with Crippen LogP contribution in [-0.4, -0.2) is 49.9 Å². The monoisotopic (exact) mass is 371 g/mol. The molecule has 0 aromatic heterocycles. The van der Waals surface area contributed by atoms with E-state index >= 15 is 0 Å². The van der Waals surface area contributed by atoms with Crippen molar-refractivity contribution in [1.29, 1.82) is 0 Å².